The van der Waals surface area contributed by atoms with Gasteiger partial charge in [-0.05, 0) is 17.1 Å². The topological polar surface area (TPSA) is 109 Å². The molecule has 0 bridgehead atoms. The van der Waals surface area contributed by atoms with Gasteiger partial charge < -0.3 is 10.8 Å². The molecule has 0 aromatic carbocycles. The van der Waals surface area contributed by atoms with E-state index in [1.165, 1.54) is 40.0 Å². The minimum absolute atomic E-state index is 0.0884. The number of carboxylic acids is 1. The molecule has 1 aromatic rings. The van der Waals surface area contributed by atoms with Crippen LogP contribution >= 0.6 is 35.1 Å². The van der Waals surface area contributed by atoms with Crippen molar-refractivity contribution in [2.75, 3.05) is 11.5 Å². The van der Waals surface area contributed by atoms with Gasteiger partial charge in [0.25, 0.3) is 0 Å². The van der Waals surface area contributed by atoms with E-state index in [1.54, 1.807) is 6.20 Å². The van der Waals surface area contributed by atoms with E-state index in [9.17, 15) is 14.7 Å². The van der Waals surface area contributed by atoms with Gasteiger partial charge in [0.05, 0.1) is 6.20 Å². The number of hydrogen-bond acceptors (Lipinski definition) is 8. The molecule has 1 aromatic heterocycles. The van der Waals surface area contributed by atoms with Crippen LogP contribution < -0.4 is 5.73 Å². The lowest BCUT2D eigenvalue weighted by molar-refractivity contribution is -0.147. The summed E-state index contributed by atoms with van der Waals surface area (Å²) in [5, 5.41) is 12.8. The van der Waals surface area contributed by atoms with Gasteiger partial charge in [-0.15, -0.1) is 28.6 Å². The first kappa shape index (κ1) is 13.9. The zero-order valence-corrected chi connectivity index (χ0v) is 12.5. The molecule has 3 N–H and O–H groups in total. The van der Waals surface area contributed by atoms with Crippen LogP contribution in [0.1, 0.15) is 0 Å². The fourth-order valence-corrected chi connectivity index (χ4v) is 4.93. The van der Waals surface area contributed by atoms with Gasteiger partial charge in [-0.2, -0.15) is 0 Å². The Bertz CT molecular complexity index is 589. The highest BCUT2D eigenvalue weighted by atomic mass is 32.2. The Labute approximate surface area is 126 Å². The summed E-state index contributed by atoms with van der Waals surface area (Å²) >= 11 is 4.24. The molecule has 0 unspecified atom stereocenters. The lowest BCUT2D eigenvalue weighted by atomic mass is 10.0. The molecule has 2 aliphatic heterocycles. The van der Waals surface area contributed by atoms with Crippen LogP contribution in [-0.4, -0.2) is 54.4 Å². The number of carbonyl (C=O) groups excluding carboxylic acids is 1. The zero-order valence-electron chi connectivity index (χ0n) is 10.1. The van der Waals surface area contributed by atoms with Crippen molar-refractivity contribution in [2.24, 2.45) is 5.73 Å². The number of amides is 1. The molecular formula is C10H10N4O3S3. The highest BCUT2D eigenvalue weighted by Gasteiger charge is 2.51. The normalized spacial score (nSPS) is 25.4. The Morgan fingerprint density at radius 3 is 3.10 bits per heavy atom. The summed E-state index contributed by atoms with van der Waals surface area (Å²) in [4.78, 5) is 24.5. The molecule has 1 fully saturated rings. The van der Waals surface area contributed by atoms with E-state index in [-0.39, 0.29) is 17.0 Å². The van der Waals surface area contributed by atoms with Gasteiger partial charge >= 0.3 is 5.97 Å². The maximum Gasteiger partial charge on any atom is 0.352 e. The summed E-state index contributed by atoms with van der Waals surface area (Å²) in [6, 6.07) is -0.589. The lowest BCUT2D eigenvalue weighted by Gasteiger charge is -2.48. The van der Waals surface area contributed by atoms with Gasteiger partial charge in [0.1, 0.15) is 21.3 Å². The third-order valence-corrected chi connectivity index (χ3v) is 6.30. The van der Waals surface area contributed by atoms with Crippen LogP contribution in [0.2, 0.25) is 0 Å². The monoisotopic (exact) mass is 330 g/mol. The minimum atomic E-state index is -1.08. The van der Waals surface area contributed by atoms with E-state index in [4.69, 9.17) is 5.73 Å². The van der Waals surface area contributed by atoms with E-state index >= 15 is 0 Å². The van der Waals surface area contributed by atoms with Crippen LogP contribution in [0.25, 0.3) is 0 Å². The average molecular weight is 330 g/mol. The van der Waals surface area contributed by atoms with Crippen molar-refractivity contribution >= 4 is 46.9 Å². The number of β-lactam (4-membered cyclic amide) rings is 1. The largest absolute Gasteiger partial charge is 0.477 e. The quantitative estimate of drug-likeness (QED) is 0.596. The molecule has 10 heteroatoms. The molecule has 0 radical (unpaired) electrons. The molecule has 0 saturated carbocycles. The van der Waals surface area contributed by atoms with Crippen LogP contribution in [0, 0.1) is 0 Å². The zero-order chi connectivity index (χ0) is 14.3. The van der Waals surface area contributed by atoms with Crippen molar-refractivity contribution in [3.8, 4) is 0 Å². The number of thioether (sulfide) groups is 2. The van der Waals surface area contributed by atoms with Crippen molar-refractivity contribution in [1.82, 2.24) is 14.5 Å². The second-order valence-corrected chi connectivity index (χ2v) is 7.38. The van der Waals surface area contributed by atoms with Crippen LogP contribution in [0.4, 0.5) is 0 Å². The Morgan fingerprint density at radius 1 is 1.65 bits per heavy atom. The maximum atomic E-state index is 11.8. The smallest absolute Gasteiger partial charge is 0.352 e. The Balaban J connectivity index is 1.82. The van der Waals surface area contributed by atoms with E-state index in [0.29, 0.717) is 11.5 Å². The molecule has 7 nitrogen and oxygen atoms in total. The molecule has 0 aliphatic carbocycles. The molecule has 1 amide bonds. The summed E-state index contributed by atoms with van der Waals surface area (Å²) < 4.78 is 4.67. The number of hydrogen-bond donors (Lipinski definition) is 2. The summed E-state index contributed by atoms with van der Waals surface area (Å²) in [5.41, 5.74) is 6.51. The standard InChI is InChI=1S/C10H10N4O3S3/c11-6-8(15)14-7(10(16)17)4(3-19-9(6)14)2-18-5-1-12-13-20-5/h1,6,9H,2-3,11H2,(H,16,17)/t6-,9-/m0/s1. The summed E-state index contributed by atoms with van der Waals surface area (Å²) in [6.45, 7) is 0. The Hall–Kier alpha value is -1.10. The van der Waals surface area contributed by atoms with Crippen LogP contribution in [0.3, 0.4) is 0 Å². The molecule has 1 saturated heterocycles. The molecule has 106 valence electrons. The van der Waals surface area contributed by atoms with Crippen LogP contribution in [-0.2, 0) is 9.59 Å². The predicted octanol–water partition coefficient (Wildman–Crippen LogP) is 0.211. The number of aromatic nitrogens is 2. The molecular weight excluding hydrogens is 320 g/mol. The number of rotatable bonds is 4. The van der Waals surface area contributed by atoms with E-state index in [1.807, 2.05) is 0 Å². The van der Waals surface area contributed by atoms with Crippen molar-refractivity contribution in [1.29, 1.82) is 0 Å². The number of carbonyl (C=O) groups is 2. The van der Waals surface area contributed by atoms with Gasteiger partial charge in [0.15, 0.2) is 0 Å². The van der Waals surface area contributed by atoms with Crippen LogP contribution in [0.5, 0.6) is 0 Å². The Kier molecular flexibility index (Phi) is 3.71. The lowest BCUT2D eigenvalue weighted by Crippen LogP contribution is -2.68. The fraction of sp³-hybridized carbons (Fsp3) is 0.400. The number of nitrogens with zero attached hydrogens (tertiary/aromatic N) is 3. The third kappa shape index (κ3) is 2.22. The van der Waals surface area contributed by atoms with Gasteiger partial charge in [-0.3, -0.25) is 9.69 Å². The number of fused-ring (bicyclic) bond motifs is 1. The predicted molar refractivity (Wildman–Crippen MR) is 76.4 cm³/mol. The van der Waals surface area contributed by atoms with Gasteiger partial charge in [-0.1, -0.05) is 4.49 Å². The molecule has 20 heavy (non-hydrogen) atoms. The molecule has 2 atom stereocenters. The van der Waals surface area contributed by atoms with Crippen molar-refractivity contribution in [2.45, 2.75) is 15.6 Å². The third-order valence-electron chi connectivity index (χ3n) is 3.02. The molecule has 3 heterocycles. The highest BCUT2D eigenvalue weighted by molar-refractivity contribution is 8.01. The van der Waals surface area contributed by atoms with Crippen LogP contribution in [0.15, 0.2) is 21.7 Å². The fourth-order valence-electron chi connectivity index (χ4n) is 2.07. The van der Waals surface area contributed by atoms with E-state index < -0.39 is 12.0 Å². The summed E-state index contributed by atoms with van der Waals surface area (Å²) in [6.07, 6.45) is 1.64. The first-order valence-electron chi connectivity index (χ1n) is 5.65. The maximum absolute atomic E-state index is 11.8. The number of nitrogens with two attached hydrogens (primary N) is 1. The van der Waals surface area contributed by atoms with Crippen molar-refractivity contribution in [3.63, 3.8) is 0 Å². The number of carboxylic acid groups (broad SMARTS) is 1. The summed E-state index contributed by atoms with van der Waals surface area (Å²) in [7, 11) is 0. The van der Waals surface area contributed by atoms with Gasteiger partial charge in [-0.25, -0.2) is 4.79 Å². The average Bonchev–Trinajstić information content (AvgIpc) is 2.96. The summed E-state index contributed by atoms with van der Waals surface area (Å²) in [5.74, 6) is -0.317. The molecule has 0 spiro atoms. The molecule has 3 rings (SSSR count). The van der Waals surface area contributed by atoms with E-state index in [0.717, 1.165) is 9.78 Å². The Morgan fingerprint density at radius 2 is 2.45 bits per heavy atom. The highest BCUT2D eigenvalue weighted by Crippen LogP contribution is 2.40. The minimum Gasteiger partial charge on any atom is -0.477 e. The number of aliphatic carboxylic acids is 1. The van der Waals surface area contributed by atoms with Crippen molar-refractivity contribution in [3.05, 3.63) is 17.5 Å². The first-order valence-corrected chi connectivity index (χ1v) is 8.46. The first-order chi connectivity index (χ1) is 9.59. The second-order valence-electron chi connectivity index (χ2n) is 4.22. The van der Waals surface area contributed by atoms with E-state index in [2.05, 4.69) is 9.59 Å². The van der Waals surface area contributed by atoms with Gasteiger partial charge in [0, 0.05) is 11.5 Å². The second kappa shape index (κ2) is 5.35. The van der Waals surface area contributed by atoms with Gasteiger partial charge in [0.2, 0.25) is 5.91 Å². The SMILES string of the molecule is N[C@H]1C(=O)N2C(C(=O)O)=C(CSc3cnns3)CS[C@@H]12. The van der Waals surface area contributed by atoms with Crippen molar-refractivity contribution < 1.29 is 14.7 Å². The molecule has 2 aliphatic rings.